The molecule has 1 saturated heterocycles. The summed E-state index contributed by atoms with van der Waals surface area (Å²) in [6, 6.07) is 3.15. The van der Waals surface area contributed by atoms with Gasteiger partial charge >= 0.3 is 12.0 Å². The maximum absolute atomic E-state index is 12.8. The number of aryl methyl sites for hydroxylation is 1. The van der Waals surface area contributed by atoms with E-state index in [1.54, 1.807) is 6.92 Å². The van der Waals surface area contributed by atoms with E-state index in [2.05, 4.69) is 0 Å². The number of hydrogen-bond acceptors (Lipinski definition) is 6. The van der Waals surface area contributed by atoms with E-state index in [1.807, 2.05) is 5.32 Å². The van der Waals surface area contributed by atoms with E-state index in [0.717, 1.165) is 19.3 Å². The van der Waals surface area contributed by atoms with Crippen LogP contribution in [0, 0.1) is 6.92 Å². The molecule has 1 heterocycles. The molecule has 3 amide bonds. The van der Waals surface area contributed by atoms with Crippen LogP contribution >= 0.6 is 0 Å². The highest BCUT2D eigenvalue weighted by atomic mass is 32.2. The van der Waals surface area contributed by atoms with Crippen LogP contribution in [-0.4, -0.2) is 49.8 Å². The van der Waals surface area contributed by atoms with Gasteiger partial charge in [-0.15, -0.1) is 0 Å². The average molecular weight is 397 g/mol. The first-order valence-corrected chi connectivity index (χ1v) is 9.99. The third-order valence-corrected chi connectivity index (χ3v) is 6.18. The number of nitrogens with one attached hydrogen (secondary N) is 1. The van der Waals surface area contributed by atoms with Gasteiger partial charge in [0, 0.05) is 13.1 Å². The van der Waals surface area contributed by atoms with E-state index in [9.17, 15) is 22.8 Å². The number of nitrogens with two attached hydrogens (primary N) is 1. The number of amides is 3. The van der Waals surface area contributed by atoms with Crippen LogP contribution in [0.3, 0.4) is 0 Å². The van der Waals surface area contributed by atoms with Gasteiger partial charge < -0.3 is 10.5 Å². The third-order valence-electron chi connectivity index (χ3n) is 4.28. The molecule has 3 N–H and O–H groups in total. The van der Waals surface area contributed by atoms with E-state index in [0.29, 0.717) is 18.7 Å². The molecule has 148 valence electrons. The molecule has 0 bridgehead atoms. The van der Waals surface area contributed by atoms with Crippen LogP contribution in [0.1, 0.15) is 42.1 Å². The molecule has 0 spiro atoms. The fraction of sp³-hybridized carbons (Fsp3) is 0.471. The van der Waals surface area contributed by atoms with Gasteiger partial charge in [-0.05, 0) is 44.4 Å². The summed E-state index contributed by atoms with van der Waals surface area (Å²) in [7, 11) is -3.71. The summed E-state index contributed by atoms with van der Waals surface area (Å²) in [4.78, 5) is 34.7. The largest absolute Gasteiger partial charge is 0.449 e. The number of imide groups is 1. The highest BCUT2D eigenvalue weighted by molar-refractivity contribution is 7.89. The van der Waals surface area contributed by atoms with E-state index >= 15 is 0 Å². The van der Waals surface area contributed by atoms with Crippen molar-refractivity contribution in [2.75, 3.05) is 13.1 Å². The molecule has 1 aliphatic rings. The van der Waals surface area contributed by atoms with Gasteiger partial charge in [-0.3, -0.25) is 10.1 Å². The van der Waals surface area contributed by atoms with Gasteiger partial charge in [0.1, 0.15) is 0 Å². The van der Waals surface area contributed by atoms with Crippen LogP contribution in [0.2, 0.25) is 0 Å². The number of benzene rings is 1. The molecule has 0 aromatic heterocycles. The molecule has 1 atom stereocenters. The quantitative estimate of drug-likeness (QED) is 0.709. The molecule has 0 unspecified atom stereocenters. The highest BCUT2D eigenvalue weighted by Crippen LogP contribution is 2.23. The molecule has 1 aromatic rings. The second-order valence-electron chi connectivity index (χ2n) is 6.34. The van der Waals surface area contributed by atoms with Crippen molar-refractivity contribution in [3.63, 3.8) is 0 Å². The number of primary amides is 1. The van der Waals surface area contributed by atoms with Crippen molar-refractivity contribution in [1.29, 1.82) is 0 Å². The van der Waals surface area contributed by atoms with Crippen LogP contribution in [-0.2, 0) is 19.6 Å². The lowest BCUT2D eigenvalue weighted by atomic mass is 10.1. The molecular formula is C17H23N3O6S. The Labute approximate surface area is 157 Å². The predicted molar refractivity (Wildman–Crippen MR) is 96.4 cm³/mol. The molecule has 2 rings (SSSR count). The van der Waals surface area contributed by atoms with Gasteiger partial charge in [-0.25, -0.2) is 18.0 Å². The zero-order valence-corrected chi connectivity index (χ0v) is 16.0. The SMILES string of the molecule is Cc1ccc(S(=O)(=O)N2CCCCC2)cc1C(=O)O[C@@H](C)C(=O)NC(N)=O. The summed E-state index contributed by atoms with van der Waals surface area (Å²) in [5.74, 6) is -1.74. The Morgan fingerprint density at radius 1 is 1.19 bits per heavy atom. The van der Waals surface area contributed by atoms with Crippen molar-refractivity contribution in [2.24, 2.45) is 5.73 Å². The monoisotopic (exact) mass is 397 g/mol. The standard InChI is InChI=1S/C17H23N3O6S/c1-11-6-7-13(27(24,25)20-8-4-3-5-9-20)10-14(11)16(22)26-12(2)15(21)19-17(18)23/h6-7,10,12H,3-5,8-9H2,1-2H3,(H3,18,19,21,23)/t12-/m0/s1. The fourth-order valence-corrected chi connectivity index (χ4v) is 4.28. The summed E-state index contributed by atoms with van der Waals surface area (Å²) in [5, 5.41) is 1.81. The van der Waals surface area contributed by atoms with E-state index in [4.69, 9.17) is 10.5 Å². The van der Waals surface area contributed by atoms with Crippen molar-refractivity contribution in [3.8, 4) is 0 Å². The smallest absolute Gasteiger partial charge is 0.339 e. The van der Waals surface area contributed by atoms with Gasteiger partial charge in [0.15, 0.2) is 6.10 Å². The Kier molecular flexibility index (Phi) is 6.55. The lowest BCUT2D eigenvalue weighted by Gasteiger charge is -2.26. The molecule has 0 aliphatic carbocycles. The number of rotatable bonds is 5. The maximum Gasteiger partial charge on any atom is 0.339 e. The Morgan fingerprint density at radius 2 is 1.81 bits per heavy atom. The Bertz CT molecular complexity index is 846. The fourth-order valence-electron chi connectivity index (χ4n) is 2.74. The lowest BCUT2D eigenvalue weighted by Crippen LogP contribution is -2.42. The van der Waals surface area contributed by atoms with Crippen molar-refractivity contribution >= 4 is 27.9 Å². The highest BCUT2D eigenvalue weighted by Gasteiger charge is 2.28. The zero-order valence-electron chi connectivity index (χ0n) is 15.2. The molecule has 0 saturated carbocycles. The van der Waals surface area contributed by atoms with Crippen molar-refractivity contribution in [1.82, 2.24) is 9.62 Å². The molecule has 1 fully saturated rings. The summed E-state index contributed by atoms with van der Waals surface area (Å²) in [6.07, 6.45) is 1.31. The summed E-state index contributed by atoms with van der Waals surface area (Å²) < 4.78 is 32.0. The molecule has 1 aromatic carbocycles. The number of sulfonamides is 1. The Hall–Kier alpha value is -2.46. The number of ether oxygens (including phenoxy) is 1. The minimum atomic E-state index is -3.71. The maximum atomic E-state index is 12.8. The molecule has 0 radical (unpaired) electrons. The van der Waals surface area contributed by atoms with Crippen molar-refractivity contribution < 1.29 is 27.5 Å². The topological polar surface area (TPSA) is 136 Å². The first-order chi connectivity index (χ1) is 12.6. The summed E-state index contributed by atoms with van der Waals surface area (Å²) >= 11 is 0. The van der Waals surface area contributed by atoms with Crippen LogP contribution in [0.5, 0.6) is 0 Å². The van der Waals surface area contributed by atoms with Crippen LogP contribution in [0.15, 0.2) is 23.1 Å². The first kappa shape index (κ1) is 20.8. The van der Waals surface area contributed by atoms with Gasteiger partial charge in [0.05, 0.1) is 10.5 Å². The van der Waals surface area contributed by atoms with Crippen LogP contribution < -0.4 is 11.1 Å². The van der Waals surface area contributed by atoms with Crippen molar-refractivity contribution in [2.45, 2.75) is 44.1 Å². The van der Waals surface area contributed by atoms with Crippen LogP contribution in [0.4, 0.5) is 4.79 Å². The summed E-state index contributed by atoms with van der Waals surface area (Å²) in [6.45, 7) is 3.79. The van der Waals surface area contributed by atoms with Gasteiger partial charge in [0.2, 0.25) is 10.0 Å². The molecule has 1 aliphatic heterocycles. The number of hydrogen-bond donors (Lipinski definition) is 2. The molecule has 9 nitrogen and oxygen atoms in total. The minimum absolute atomic E-state index is 0.00353. The number of piperidine rings is 1. The zero-order chi connectivity index (χ0) is 20.2. The number of urea groups is 1. The second-order valence-corrected chi connectivity index (χ2v) is 8.28. The van der Waals surface area contributed by atoms with Gasteiger partial charge in [0.25, 0.3) is 5.91 Å². The van der Waals surface area contributed by atoms with Crippen molar-refractivity contribution in [3.05, 3.63) is 29.3 Å². The van der Waals surface area contributed by atoms with Crippen LogP contribution in [0.25, 0.3) is 0 Å². The lowest BCUT2D eigenvalue weighted by molar-refractivity contribution is -0.127. The first-order valence-electron chi connectivity index (χ1n) is 8.55. The Morgan fingerprint density at radius 3 is 2.41 bits per heavy atom. The number of nitrogens with zero attached hydrogens (tertiary/aromatic N) is 1. The second kappa shape index (κ2) is 8.49. The third kappa shape index (κ3) is 5.04. The predicted octanol–water partition coefficient (Wildman–Crippen LogP) is 0.910. The number of esters is 1. The minimum Gasteiger partial charge on any atom is -0.449 e. The number of carbonyl (C=O) groups excluding carboxylic acids is 3. The van der Waals surface area contributed by atoms with E-state index in [-0.39, 0.29) is 10.5 Å². The van der Waals surface area contributed by atoms with Gasteiger partial charge in [-0.1, -0.05) is 12.5 Å². The normalized spacial score (nSPS) is 16.4. The average Bonchev–Trinajstić information content (AvgIpc) is 2.61. The summed E-state index contributed by atoms with van der Waals surface area (Å²) in [5.41, 5.74) is 5.39. The van der Waals surface area contributed by atoms with Gasteiger partial charge in [-0.2, -0.15) is 4.31 Å². The van der Waals surface area contributed by atoms with E-state index in [1.165, 1.54) is 29.4 Å². The number of carbonyl (C=O) groups is 3. The molecular weight excluding hydrogens is 374 g/mol. The van der Waals surface area contributed by atoms with E-state index < -0.39 is 34.0 Å². The molecule has 10 heteroatoms. The Balaban J connectivity index is 2.22. The molecule has 27 heavy (non-hydrogen) atoms.